The number of nitrogens with one attached hydrogen (secondary N) is 1. The van der Waals surface area contributed by atoms with Crippen LogP contribution in [0.3, 0.4) is 0 Å². The zero-order valence-electron chi connectivity index (χ0n) is 8.40. The molecule has 2 rings (SSSR count). The molecule has 1 saturated heterocycles. The molecule has 0 spiro atoms. The largest absolute Gasteiger partial charge is 0.316 e. The van der Waals surface area contributed by atoms with Crippen LogP contribution in [0.2, 0.25) is 0 Å². The summed E-state index contributed by atoms with van der Waals surface area (Å²) in [6.45, 7) is 7.45. The Bertz CT molecular complexity index is 166. The van der Waals surface area contributed by atoms with E-state index in [0.717, 1.165) is 11.8 Å². The first kappa shape index (κ1) is 8.55. The Labute approximate surface area is 75.9 Å². The second-order valence-corrected chi connectivity index (χ2v) is 5.18. The summed E-state index contributed by atoms with van der Waals surface area (Å²) < 4.78 is 0. The van der Waals surface area contributed by atoms with Crippen molar-refractivity contribution in [1.82, 2.24) is 5.32 Å². The Balaban J connectivity index is 2.06. The van der Waals surface area contributed by atoms with Gasteiger partial charge in [-0.1, -0.05) is 20.3 Å². The molecule has 2 fully saturated rings. The number of piperidine rings is 1. The minimum absolute atomic E-state index is 0.692. The molecule has 2 aliphatic rings. The van der Waals surface area contributed by atoms with Crippen LogP contribution in [0, 0.1) is 17.3 Å². The molecule has 0 amide bonds. The second-order valence-electron chi connectivity index (χ2n) is 5.18. The molecule has 0 aromatic rings. The first-order chi connectivity index (χ1) is 5.71. The van der Waals surface area contributed by atoms with Crippen molar-refractivity contribution >= 4 is 0 Å². The van der Waals surface area contributed by atoms with Crippen molar-refractivity contribution in [3.05, 3.63) is 0 Å². The highest BCUT2D eigenvalue weighted by Gasteiger charge is 2.39. The van der Waals surface area contributed by atoms with Crippen LogP contribution in [0.4, 0.5) is 0 Å². The minimum Gasteiger partial charge on any atom is -0.316 e. The fraction of sp³-hybridized carbons (Fsp3) is 1.00. The van der Waals surface area contributed by atoms with Gasteiger partial charge in [-0.25, -0.2) is 0 Å². The van der Waals surface area contributed by atoms with Gasteiger partial charge in [0.25, 0.3) is 0 Å². The number of hydrogen-bond donors (Lipinski definition) is 1. The maximum absolute atomic E-state index is 3.53. The van der Waals surface area contributed by atoms with Gasteiger partial charge >= 0.3 is 0 Å². The lowest BCUT2D eigenvalue weighted by Gasteiger charge is -2.47. The van der Waals surface area contributed by atoms with Crippen LogP contribution in [0.25, 0.3) is 0 Å². The van der Waals surface area contributed by atoms with E-state index in [9.17, 15) is 0 Å². The highest BCUT2D eigenvalue weighted by atomic mass is 14.9. The number of rotatable bonds is 0. The summed E-state index contributed by atoms with van der Waals surface area (Å²) in [6, 6.07) is 0. The highest BCUT2D eigenvalue weighted by molar-refractivity contribution is 4.92. The first-order valence-corrected chi connectivity index (χ1v) is 5.41. The van der Waals surface area contributed by atoms with Crippen molar-refractivity contribution < 1.29 is 0 Å². The molecule has 0 aromatic carbocycles. The average Bonchev–Trinajstić information content (AvgIpc) is 2.06. The van der Waals surface area contributed by atoms with Gasteiger partial charge in [0.05, 0.1) is 0 Å². The summed E-state index contributed by atoms with van der Waals surface area (Å²) in [5, 5.41) is 3.53. The average molecular weight is 167 g/mol. The fourth-order valence-corrected chi connectivity index (χ4v) is 2.98. The van der Waals surface area contributed by atoms with Gasteiger partial charge in [0, 0.05) is 0 Å². The van der Waals surface area contributed by atoms with Crippen LogP contribution in [0.1, 0.15) is 39.5 Å². The first-order valence-electron chi connectivity index (χ1n) is 5.41. The molecule has 3 unspecified atom stereocenters. The van der Waals surface area contributed by atoms with E-state index in [0.29, 0.717) is 5.41 Å². The van der Waals surface area contributed by atoms with Crippen molar-refractivity contribution in [2.45, 2.75) is 39.5 Å². The zero-order chi connectivity index (χ0) is 8.60. The second kappa shape index (κ2) is 3.02. The molecule has 1 N–H and O–H groups in total. The van der Waals surface area contributed by atoms with Crippen molar-refractivity contribution in [2.75, 3.05) is 13.1 Å². The van der Waals surface area contributed by atoms with E-state index < -0.39 is 0 Å². The molecular weight excluding hydrogens is 146 g/mol. The van der Waals surface area contributed by atoms with Crippen LogP contribution >= 0.6 is 0 Å². The van der Waals surface area contributed by atoms with Gasteiger partial charge in [-0.05, 0) is 49.6 Å². The van der Waals surface area contributed by atoms with E-state index in [2.05, 4.69) is 19.2 Å². The van der Waals surface area contributed by atoms with Crippen LogP contribution in [-0.2, 0) is 0 Å². The van der Waals surface area contributed by atoms with E-state index in [-0.39, 0.29) is 0 Å². The Morgan fingerprint density at radius 1 is 1.33 bits per heavy atom. The molecule has 1 saturated carbocycles. The van der Waals surface area contributed by atoms with Crippen molar-refractivity contribution in [3.63, 3.8) is 0 Å². The van der Waals surface area contributed by atoms with Crippen LogP contribution in [-0.4, -0.2) is 13.1 Å². The van der Waals surface area contributed by atoms with Gasteiger partial charge in [-0.15, -0.1) is 0 Å². The smallest absolute Gasteiger partial charge is 0.00152 e. The molecule has 1 heterocycles. The summed E-state index contributed by atoms with van der Waals surface area (Å²) in [7, 11) is 0. The Kier molecular flexibility index (Phi) is 2.16. The standard InChI is InChI=1S/C11H21N/c1-9-3-4-11(2)5-6-12-8-10(11)7-9/h9-10,12H,3-8H2,1-2H3. The molecule has 0 radical (unpaired) electrons. The van der Waals surface area contributed by atoms with E-state index in [1.807, 2.05) is 0 Å². The summed E-state index contributed by atoms with van der Waals surface area (Å²) in [5.41, 5.74) is 0.692. The van der Waals surface area contributed by atoms with Crippen molar-refractivity contribution in [2.24, 2.45) is 17.3 Å². The highest BCUT2D eigenvalue weighted by Crippen LogP contribution is 2.46. The number of fused-ring (bicyclic) bond motifs is 1. The van der Waals surface area contributed by atoms with E-state index in [1.165, 1.54) is 38.8 Å². The molecule has 70 valence electrons. The van der Waals surface area contributed by atoms with Crippen LogP contribution < -0.4 is 5.32 Å². The topological polar surface area (TPSA) is 12.0 Å². The zero-order valence-corrected chi connectivity index (χ0v) is 8.40. The van der Waals surface area contributed by atoms with Crippen molar-refractivity contribution in [3.8, 4) is 0 Å². The minimum atomic E-state index is 0.692. The molecule has 12 heavy (non-hydrogen) atoms. The summed E-state index contributed by atoms with van der Waals surface area (Å²) in [5.74, 6) is 1.94. The van der Waals surface area contributed by atoms with Crippen molar-refractivity contribution in [1.29, 1.82) is 0 Å². The van der Waals surface area contributed by atoms with Gasteiger partial charge in [-0.3, -0.25) is 0 Å². The maximum atomic E-state index is 3.53. The van der Waals surface area contributed by atoms with Gasteiger partial charge in [0.2, 0.25) is 0 Å². The third-order valence-corrected chi connectivity index (χ3v) is 4.14. The van der Waals surface area contributed by atoms with Crippen LogP contribution in [0.15, 0.2) is 0 Å². The Morgan fingerprint density at radius 3 is 3.00 bits per heavy atom. The lowest BCUT2D eigenvalue weighted by atomic mass is 9.62. The molecular formula is C11H21N. The SMILES string of the molecule is CC1CCC2(C)CCNCC2C1. The third-order valence-electron chi connectivity index (χ3n) is 4.14. The maximum Gasteiger partial charge on any atom is -0.00152 e. The van der Waals surface area contributed by atoms with E-state index in [1.54, 1.807) is 0 Å². The lowest BCUT2D eigenvalue weighted by molar-refractivity contribution is 0.0530. The van der Waals surface area contributed by atoms with E-state index >= 15 is 0 Å². The molecule has 1 heteroatoms. The summed E-state index contributed by atoms with van der Waals surface area (Å²) >= 11 is 0. The molecule has 1 aliphatic carbocycles. The fourth-order valence-electron chi connectivity index (χ4n) is 2.98. The molecule has 1 nitrogen and oxygen atoms in total. The third kappa shape index (κ3) is 1.39. The normalized spacial score (nSPS) is 48.5. The molecule has 1 aliphatic heterocycles. The van der Waals surface area contributed by atoms with Gasteiger partial charge in [-0.2, -0.15) is 0 Å². The number of hydrogen-bond acceptors (Lipinski definition) is 1. The molecule has 0 bridgehead atoms. The predicted molar refractivity (Wildman–Crippen MR) is 52.1 cm³/mol. The quantitative estimate of drug-likeness (QED) is 0.584. The molecule has 3 atom stereocenters. The Hall–Kier alpha value is -0.0400. The summed E-state index contributed by atoms with van der Waals surface area (Å²) in [6.07, 6.45) is 5.81. The lowest BCUT2D eigenvalue weighted by Crippen LogP contribution is -2.46. The van der Waals surface area contributed by atoms with E-state index in [4.69, 9.17) is 0 Å². The summed E-state index contributed by atoms with van der Waals surface area (Å²) in [4.78, 5) is 0. The van der Waals surface area contributed by atoms with Gasteiger partial charge in [0.1, 0.15) is 0 Å². The van der Waals surface area contributed by atoms with Gasteiger partial charge < -0.3 is 5.32 Å². The predicted octanol–water partition coefficient (Wildman–Crippen LogP) is 2.42. The van der Waals surface area contributed by atoms with Crippen LogP contribution in [0.5, 0.6) is 0 Å². The van der Waals surface area contributed by atoms with Gasteiger partial charge in [0.15, 0.2) is 0 Å². The molecule has 0 aromatic heterocycles. The Morgan fingerprint density at radius 2 is 2.17 bits per heavy atom. The monoisotopic (exact) mass is 167 g/mol.